The maximum Gasteiger partial charge on any atom is 0.305 e. The summed E-state index contributed by atoms with van der Waals surface area (Å²) in [5, 5.41) is 18.7. The molecule has 3 rings (SSSR count). The van der Waals surface area contributed by atoms with Gasteiger partial charge in [-0.2, -0.15) is 5.26 Å². The minimum absolute atomic E-state index is 0.00868. The van der Waals surface area contributed by atoms with E-state index in [1.165, 1.54) is 4.90 Å². The van der Waals surface area contributed by atoms with Crippen LogP contribution in [0.2, 0.25) is 0 Å². The smallest absolute Gasteiger partial charge is 0.305 e. The standard InChI is InChI=1S/C23H28N4O4S2/c1-3-4-11-26-20(25-9-6-5-7-10-25)16(15(2)17(14-24)21(26)30)13-18-22(31)27(23(32)33-18)12-8-19(28)29/h13H,3-12H2,1-2H3,(H,28,29)/b18-13-. The number of nitrogens with zero attached hydrogens (tertiary/aromatic N) is 4. The van der Waals surface area contributed by atoms with Crippen molar-refractivity contribution < 1.29 is 14.7 Å². The van der Waals surface area contributed by atoms with Crippen molar-refractivity contribution in [2.45, 2.75) is 58.9 Å². The van der Waals surface area contributed by atoms with Crippen LogP contribution in [0.4, 0.5) is 5.82 Å². The number of rotatable bonds is 8. The molecule has 3 heterocycles. The van der Waals surface area contributed by atoms with Crippen LogP contribution in [0.5, 0.6) is 0 Å². The second kappa shape index (κ2) is 11.0. The highest BCUT2D eigenvalue weighted by Crippen LogP contribution is 2.36. The number of pyridine rings is 1. The first-order valence-corrected chi connectivity index (χ1v) is 12.4. The molecule has 0 aromatic carbocycles. The van der Waals surface area contributed by atoms with Crippen LogP contribution in [0.3, 0.4) is 0 Å². The number of carbonyl (C=O) groups excluding carboxylic acids is 1. The molecule has 10 heteroatoms. The van der Waals surface area contributed by atoms with Gasteiger partial charge in [0.2, 0.25) is 0 Å². The molecule has 8 nitrogen and oxygen atoms in total. The molecule has 0 bridgehead atoms. The maximum atomic E-state index is 13.2. The minimum Gasteiger partial charge on any atom is -0.481 e. The summed E-state index contributed by atoms with van der Waals surface area (Å²) in [6.07, 6.45) is 6.38. The number of thioether (sulfide) groups is 1. The van der Waals surface area contributed by atoms with Gasteiger partial charge in [0, 0.05) is 31.7 Å². The lowest BCUT2D eigenvalue weighted by molar-refractivity contribution is -0.137. The number of hydrogen-bond donors (Lipinski definition) is 1. The van der Waals surface area contributed by atoms with E-state index in [2.05, 4.69) is 11.0 Å². The zero-order valence-electron chi connectivity index (χ0n) is 18.9. The molecular formula is C23H28N4O4S2. The van der Waals surface area contributed by atoms with Gasteiger partial charge in [-0.15, -0.1) is 0 Å². The highest BCUT2D eigenvalue weighted by molar-refractivity contribution is 8.26. The van der Waals surface area contributed by atoms with Gasteiger partial charge in [-0.25, -0.2) is 0 Å². The number of unbranched alkanes of at least 4 members (excludes halogenated alkanes) is 1. The predicted molar refractivity (Wildman–Crippen MR) is 133 cm³/mol. The molecule has 1 N–H and O–H groups in total. The van der Waals surface area contributed by atoms with Crippen molar-refractivity contribution in [2.75, 3.05) is 24.5 Å². The number of carbonyl (C=O) groups is 2. The molecule has 0 aliphatic carbocycles. The fraction of sp³-hybridized carbons (Fsp3) is 0.522. The predicted octanol–water partition coefficient (Wildman–Crippen LogP) is 3.49. The van der Waals surface area contributed by atoms with Crippen LogP contribution in [-0.2, 0) is 16.1 Å². The van der Waals surface area contributed by atoms with E-state index >= 15 is 0 Å². The van der Waals surface area contributed by atoms with Crippen LogP contribution in [-0.4, -0.2) is 50.4 Å². The third-order valence-electron chi connectivity index (χ3n) is 5.94. The topological polar surface area (TPSA) is 107 Å². The van der Waals surface area contributed by atoms with E-state index < -0.39 is 5.97 Å². The summed E-state index contributed by atoms with van der Waals surface area (Å²) in [4.78, 5) is 41.1. The van der Waals surface area contributed by atoms with Gasteiger partial charge in [0.25, 0.3) is 11.5 Å². The highest BCUT2D eigenvalue weighted by atomic mass is 32.2. The molecule has 0 spiro atoms. The van der Waals surface area contributed by atoms with Crippen molar-refractivity contribution in [3.05, 3.63) is 31.9 Å². The first-order valence-electron chi connectivity index (χ1n) is 11.2. The molecule has 0 atom stereocenters. The summed E-state index contributed by atoms with van der Waals surface area (Å²) >= 11 is 6.44. The van der Waals surface area contributed by atoms with Gasteiger partial charge in [-0.05, 0) is 44.2 Å². The quantitative estimate of drug-likeness (QED) is 0.438. The molecule has 1 aromatic heterocycles. The third-order valence-corrected chi connectivity index (χ3v) is 7.31. The monoisotopic (exact) mass is 488 g/mol. The fourth-order valence-electron chi connectivity index (χ4n) is 4.15. The van der Waals surface area contributed by atoms with Crippen LogP contribution in [0, 0.1) is 18.3 Å². The number of amides is 1. The molecular weight excluding hydrogens is 460 g/mol. The molecule has 176 valence electrons. The summed E-state index contributed by atoms with van der Waals surface area (Å²) in [5.74, 6) is -0.599. The van der Waals surface area contributed by atoms with Gasteiger partial charge in [0.05, 0.1) is 11.3 Å². The van der Waals surface area contributed by atoms with E-state index in [1.807, 2.05) is 6.92 Å². The SMILES string of the molecule is CCCCn1c(N2CCCCC2)c(/C=C2\SC(=S)N(CCC(=O)O)C2=O)c(C)c(C#N)c1=O. The van der Waals surface area contributed by atoms with Crippen molar-refractivity contribution in [1.29, 1.82) is 5.26 Å². The third kappa shape index (κ3) is 5.31. The molecule has 0 radical (unpaired) electrons. The number of aliphatic carboxylic acids is 1. The van der Waals surface area contributed by atoms with Gasteiger partial charge in [0.1, 0.15) is 21.8 Å². The maximum absolute atomic E-state index is 13.2. The van der Waals surface area contributed by atoms with E-state index in [1.54, 1.807) is 17.6 Å². The average Bonchev–Trinajstić information content (AvgIpc) is 3.06. The summed E-state index contributed by atoms with van der Waals surface area (Å²) in [6.45, 7) is 5.91. The normalized spacial score (nSPS) is 17.7. The Balaban J connectivity index is 2.16. The van der Waals surface area contributed by atoms with E-state index in [0.717, 1.165) is 62.8 Å². The molecule has 2 saturated heterocycles. The Morgan fingerprint density at radius 3 is 2.55 bits per heavy atom. The zero-order valence-corrected chi connectivity index (χ0v) is 20.6. The number of anilines is 1. The summed E-state index contributed by atoms with van der Waals surface area (Å²) in [5.41, 5.74) is 1.02. The van der Waals surface area contributed by atoms with Crippen molar-refractivity contribution in [2.24, 2.45) is 0 Å². The Kier molecular flexibility index (Phi) is 8.32. The van der Waals surface area contributed by atoms with Crippen LogP contribution in [0.1, 0.15) is 62.1 Å². The molecule has 33 heavy (non-hydrogen) atoms. The molecule has 0 unspecified atom stereocenters. The van der Waals surface area contributed by atoms with Gasteiger partial charge in [-0.1, -0.05) is 37.3 Å². The number of piperidine rings is 1. The molecule has 1 aromatic rings. The van der Waals surface area contributed by atoms with Crippen LogP contribution < -0.4 is 10.5 Å². The average molecular weight is 489 g/mol. The van der Waals surface area contributed by atoms with Crippen molar-refractivity contribution in [3.63, 3.8) is 0 Å². The first-order chi connectivity index (χ1) is 15.8. The van der Waals surface area contributed by atoms with Gasteiger partial charge < -0.3 is 10.0 Å². The van der Waals surface area contributed by atoms with Crippen LogP contribution in [0.15, 0.2) is 9.70 Å². The Hall–Kier alpha value is -2.64. The minimum atomic E-state index is -1.00. The lowest BCUT2D eigenvalue weighted by atomic mass is 10.0. The number of carboxylic acids is 1. The zero-order chi connectivity index (χ0) is 24.1. The molecule has 2 aliphatic rings. The Labute approximate surface area is 202 Å². The lowest BCUT2D eigenvalue weighted by Crippen LogP contribution is -2.37. The highest BCUT2D eigenvalue weighted by Gasteiger charge is 2.33. The van der Waals surface area contributed by atoms with Gasteiger partial charge in [-0.3, -0.25) is 23.9 Å². The number of hydrogen-bond acceptors (Lipinski definition) is 7. The Morgan fingerprint density at radius 1 is 1.24 bits per heavy atom. The largest absolute Gasteiger partial charge is 0.481 e. The van der Waals surface area contributed by atoms with Crippen molar-refractivity contribution in [1.82, 2.24) is 9.47 Å². The second-order valence-corrected chi connectivity index (χ2v) is 9.86. The number of aromatic nitrogens is 1. The second-order valence-electron chi connectivity index (χ2n) is 8.18. The Bertz CT molecular complexity index is 1100. The van der Waals surface area contributed by atoms with E-state index in [9.17, 15) is 19.6 Å². The van der Waals surface area contributed by atoms with E-state index in [0.29, 0.717) is 26.9 Å². The molecule has 1 amide bonds. The van der Waals surface area contributed by atoms with E-state index in [-0.39, 0.29) is 30.0 Å². The molecule has 2 fully saturated rings. The van der Waals surface area contributed by atoms with Crippen LogP contribution in [0.25, 0.3) is 6.08 Å². The lowest BCUT2D eigenvalue weighted by Gasteiger charge is -2.33. The number of carboxylic acid groups (broad SMARTS) is 1. The Morgan fingerprint density at radius 2 is 1.94 bits per heavy atom. The first kappa shape index (κ1) is 25.0. The van der Waals surface area contributed by atoms with Gasteiger partial charge >= 0.3 is 5.97 Å². The molecule has 2 aliphatic heterocycles. The van der Waals surface area contributed by atoms with Crippen LogP contribution >= 0.6 is 24.0 Å². The van der Waals surface area contributed by atoms with Crippen molar-refractivity contribution >= 4 is 52.1 Å². The fourth-order valence-corrected chi connectivity index (χ4v) is 5.44. The summed E-state index contributed by atoms with van der Waals surface area (Å²) < 4.78 is 2.00. The van der Waals surface area contributed by atoms with Gasteiger partial charge in [0.15, 0.2) is 0 Å². The van der Waals surface area contributed by atoms with Crippen molar-refractivity contribution in [3.8, 4) is 6.07 Å². The number of thiocarbonyl (C=S) groups is 1. The van der Waals surface area contributed by atoms with E-state index in [4.69, 9.17) is 17.3 Å². The summed E-state index contributed by atoms with van der Waals surface area (Å²) in [7, 11) is 0. The molecule has 0 saturated carbocycles. The summed E-state index contributed by atoms with van der Waals surface area (Å²) in [6, 6.07) is 2.06. The number of nitriles is 1.